The number of benzene rings is 4. The summed E-state index contributed by atoms with van der Waals surface area (Å²) in [4.78, 5) is 95.8. The van der Waals surface area contributed by atoms with Crippen LogP contribution in [-0.4, -0.2) is 155 Å². The standard InChI is InChI=1S/C25H22BrF3N10O2.C23H16ClF4N9O2.C21H16BrClF3N9O2/c1-13-9-14(30-5)10-16(21(40)33-24(2,3)4)19(13)32-22(41)18-11-15(12-38-36-23(34-37-38)25(27,28)29)35-39(18)20-17(26)7-6-8-31-20;1-11-7-12(29-2)8-14(20(38)30-3)18(11)31-21(39)17-9-13(10-36-34-22(32-35-36)23(26,27)28)33-37(17)19-15(24)5-4-6-16(19)25;1-10-6-11(22)7-13(18(36)27-2)16(10)29-19(37)15-8-12(9-34-32-20(30-33-34)21(24,25)26)31-35(15)17-14(23)4-3-5-28-17/h6-11H,12H2,1-4H3,(H,32,41)(H,33,40);4-9H,10H2,1,3H3,(H,30,38)(H,31,39);3-8H,9H2,1-2H3,(H,27,36)(H,29,37). The number of hydrogen-bond donors (Lipinski definition) is 6. The molecular weight excluding hydrogens is 1740 g/mol. The molecule has 0 bridgehead atoms. The van der Waals surface area contributed by atoms with Gasteiger partial charge in [0.15, 0.2) is 23.0 Å². The molecule has 0 aliphatic heterocycles. The number of aromatic nitrogens is 20. The first-order valence-electron chi connectivity index (χ1n) is 33.1. The van der Waals surface area contributed by atoms with Crippen molar-refractivity contribution in [3.8, 4) is 17.3 Å². The van der Waals surface area contributed by atoms with E-state index in [1.807, 2.05) is 0 Å². The average Bonchev–Trinajstić information content (AvgIpc) is 1.69. The average molecular weight is 1790 g/mol. The van der Waals surface area contributed by atoms with Gasteiger partial charge in [0, 0.05) is 36.5 Å². The number of rotatable bonds is 18. The van der Waals surface area contributed by atoms with Crippen molar-refractivity contribution in [3.05, 3.63) is 242 Å². The lowest BCUT2D eigenvalue weighted by molar-refractivity contribution is -0.145. The van der Waals surface area contributed by atoms with Crippen molar-refractivity contribution in [1.29, 1.82) is 0 Å². The van der Waals surface area contributed by atoms with Crippen molar-refractivity contribution in [2.24, 2.45) is 0 Å². The second kappa shape index (κ2) is 35.2. The summed E-state index contributed by atoms with van der Waals surface area (Å²) in [5.74, 6) is -8.58. The molecule has 0 aliphatic carbocycles. The van der Waals surface area contributed by atoms with Crippen molar-refractivity contribution >= 4 is 119 Å². The molecule has 6 N–H and O–H groups in total. The Bertz CT molecular complexity index is 5940. The van der Waals surface area contributed by atoms with E-state index in [4.69, 9.17) is 36.3 Å². The Kier molecular flexibility index (Phi) is 25.9. The highest BCUT2D eigenvalue weighted by atomic mass is 79.9. The molecule has 8 heterocycles. The monoisotopic (exact) mass is 1790 g/mol. The Labute approximate surface area is 678 Å². The molecule has 0 aliphatic rings. The van der Waals surface area contributed by atoms with E-state index in [0.29, 0.717) is 40.0 Å². The Morgan fingerprint density at radius 1 is 0.470 bits per heavy atom. The van der Waals surface area contributed by atoms with Crippen LogP contribution in [0.3, 0.4) is 0 Å². The van der Waals surface area contributed by atoms with E-state index in [1.54, 1.807) is 71.9 Å². The fraction of sp³-hybridized carbons (Fsp3) is 0.217. The molecule has 117 heavy (non-hydrogen) atoms. The van der Waals surface area contributed by atoms with E-state index in [-0.39, 0.29) is 120 Å². The molecule has 0 fully saturated rings. The lowest BCUT2D eigenvalue weighted by atomic mass is 10.0. The maximum absolute atomic E-state index is 14.8. The minimum atomic E-state index is -4.83. The summed E-state index contributed by atoms with van der Waals surface area (Å²) in [6, 6.07) is 23.0. The number of pyridine rings is 2. The fourth-order valence-electron chi connectivity index (χ4n) is 10.6. The van der Waals surface area contributed by atoms with E-state index < -0.39 is 89.3 Å². The van der Waals surface area contributed by atoms with Gasteiger partial charge in [0.25, 0.3) is 52.9 Å². The van der Waals surface area contributed by atoms with E-state index in [2.05, 4.69) is 145 Å². The van der Waals surface area contributed by atoms with Gasteiger partial charge in [-0.15, -0.1) is 30.6 Å². The van der Waals surface area contributed by atoms with E-state index in [0.717, 1.165) is 15.4 Å². The number of carbonyl (C=O) groups excluding carboxylic acids is 6. The number of alkyl halides is 9. The smallest absolute Gasteiger partial charge is 0.355 e. The van der Waals surface area contributed by atoms with Crippen LogP contribution in [0.25, 0.3) is 27.0 Å². The Morgan fingerprint density at radius 3 is 1.23 bits per heavy atom. The molecule has 0 saturated heterocycles. The first kappa shape index (κ1) is 86.1. The zero-order valence-electron chi connectivity index (χ0n) is 61.1. The lowest BCUT2D eigenvalue weighted by Gasteiger charge is -2.22. The summed E-state index contributed by atoms with van der Waals surface area (Å²) in [5, 5.41) is 57.7. The van der Waals surface area contributed by atoms with Crippen molar-refractivity contribution < 1.29 is 72.7 Å². The summed E-state index contributed by atoms with van der Waals surface area (Å²) < 4.78 is 135. The summed E-state index contributed by atoms with van der Waals surface area (Å²) in [6.45, 7) is 23.8. The molecule has 0 saturated carbocycles. The van der Waals surface area contributed by atoms with E-state index in [1.165, 1.54) is 91.8 Å². The van der Waals surface area contributed by atoms with Crippen LogP contribution in [0, 0.1) is 39.7 Å². The van der Waals surface area contributed by atoms with E-state index in [9.17, 15) is 72.7 Å². The van der Waals surface area contributed by atoms with Crippen LogP contribution in [0.5, 0.6) is 0 Å². The summed E-state index contributed by atoms with van der Waals surface area (Å²) >= 11 is 19.2. The summed E-state index contributed by atoms with van der Waals surface area (Å²) in [5.41, 5.74) is 1.54. The molecule has 0 radical (unpaired) electrons. The van der Waals surface area contributed by atoms with E-state index >= 15 is 0 Å². The van der Waals surface area contributed by atoms with Gasteiger partial charge in [-0.1, -0.05) is 57.3 Å². The van der Waals surface area contributed by atoms with Crippen molar-refractivity contribution in [1.82, 2.24) is 116 Å². The topological polar surface area (TPSA) is 393 Å². The van der Waals surface area contributed by atoms with Crippen LogP contribution in [0.1, 0.15) is 135 Å². The molecule has 0 spiro atoms. The number of anilines is 3. The second-order valence-electron chi connectivity index (χ2n) is 25.4. The van der Waals surface area contributed by atoms with Gasteiger partial charge >= 0.3 is 18.5 Å². The van der Waals surface area contributed by atoms with Gasteiger partial charge in [0.2, 0.25) is 0 Å². The molecule has 0 unspecified atom stereocenters. The predicted molar refractivity (Wildman–Crippen MR) is 401 cm³/mol. The van der Waals surface area contributed by atoms with Gasteiger partial charge in [-0.05, 0) is 169 Å². The highest BCUT2D eigenvalue weighted by molar-refractivity contribution is 9.10. The lowest BCUT2D eigenvalue weighted by Crippen LogP contribution is -2.41. The van der Waals surface area contributed by atoms with Crippen LogP contribution < -0.4 is 31.9 Å². The molecule has 12 aromatic rings. The minimum absolute atomic E-state index is 0.00133. The predicted octanol–water partition coefficient (Wildman–Crippen LogP) is 12.6. The van der Waals surface area contributed by atoms with Crippen molar-refractivity contribution in [2.75, 3.05) is 30.0 Å². The normalized spacial score (nSPS) is 11.5. The number of nitrogens with one attached hydrogen (secondary N) is 6. The number of para-hydroxylation sites is 1. The number of amides is 6. The van der Waals surface area contributed by atoms with Gasteiger partial charge in [0.05, 0.1) is 78.5 Å². The summed E-state index contributed by atoms with van der Waals surface area (Å²) in [7, 11) is 2.83. The maximum atomic E-state index is 14.8. The SMILES string of the molecule is CNC(=O)c1cc(Br)cc(C)c1NC(=O)c1cc(Cn2nnc(C(F)(F)F)n2)nn1-c1ncccc1Cl.[C-]#[N+]c1cc(C)c(NC(=O)c2cc(Cn3nnc(C(F)(F)F)n3)nn2-c2c(F)cccc2Cl)c(C(=O)NC)c1.[C-]#[N+]c1cc(C)c(NC(=O)c2cc(Cn3nnc(C(F)(F)F)n3)nn2-c2ncccc2Br)c(C(=O)NC(C)(C)C)c1. The third-order valence-electron chi connectivity index (χ3n) is 15.6. The molecular formula is C69H54Br2Cl2F10N28O6. The number of hydrogen-bond acceptors (Lipinski definition) is 20. The highest BCUT2D eigenvalue weighted by Crippen LogP contribution is 2.35. The second-order valence-corrected chi connectivity index (χ2v) is 28.0. The maximum Gasteiger partial charge on any atom is 0.455 e. The Balaban J connectivity index is 0.000000185. The van der Waals surface area contributed by atoms with Crippen LogP contribution in [-0.2, 0) is 38.2 Å². The third kappa shape index (κ3) is 20.6. The summed E-state index contributed by atoms with van der Waals surface area (Å²) in [6.07, 6.45) is -11.5. The van der Waals surface area contributed by atoms with Gasteiger partial charge in [-0.25, -0.2) is 38.1 Å². The number of aryl methyl sites for hydroxylation is 3. The van der Waals surface area contributed by atoms with Crippen molar-refractivity contribution in [2.45, 2.75) is 85.2 Å². The Morgan fingerprint density at radius 2 is 0.846 bits per heavy atom. The molecule has 8 aromatic heterocycles. The first-order valence-corrected chi connectivity index (χ1v) is 35.4. The zero-order chi connectivity index (χ0) is 85.5. The molecule has 6 amide bonds. The quantitative estimate of drug-likeness (QED) is 0.0343. The van der Waals surface area contributed by atoms with Gasteiger partial charge < -0.3 is 31.9 Å². The molecule has 12 rings (SSSR count). The third-order valence-corrected chi connectivity index (χ3v) is 17.3. The molecule has 0 atom stereocenters. The van der Waals surface area contributed by atoms with Crippen LogP contribution in [0.15, 0.2) is 118 Å². The van der Waals surface area contributed by atoms with Crippen LogP contribution >= 0.6 is 55.1 Å². The number of tetrazole rings is 3. The zero-order valence-corrected chi connectivity index (χ0v) is 65.8. The first-order chi connectivity index (χ1) is 55.1. The Hall–Kier alpha value is -13.3. The highest BCUT2D eigenvalue weighted by Gasteiger charge is 2.40. The number of carbonyl (C=O) groups is 6. The van der Waals surface area contributed by atoms with Gasteiger partial charge in [-0.2, -0.15) is 69.2 Å². The number of nitrogens with zero attached hydrogens (tertiary/aromatic N) is 22. The van der Waals surface area contributed by atoms with Gasteiger partial charge in [0.1, 0.15) is 48.2 Å². The molecule has 48 heteroatoms. The fourth-order valence-corrected chi connectivity index (χ4v) is 12.1. The van der Waals surface area contributed by atoms with Crippen LogP contribution in [0.2, 0.25) is 10.0 Å². The molecule has 34 nitrogen and oxygen atoms in total. The molecule has 4 aromatic carbocycles. The van der Waals surface area contributed by atoms with Gasteiger partial charge in [-0.3, -0.25) is 28.8 Å². The number of halogens is 14. The largest absolute Gasteiger partial charge is 0.455 e. The van der Waals surface area contributed by atoms with Crippen molar-refractivity contribution in [3.63, 3.8) is 0 Å². The van der Waals surface area contributed by atoms with Crippen LogP contribution in [0.4, 0.5) is 72.3 Å². The molecule has 604 valence electrons. The minimum Gasteiger partial charge on any atom is -0.355 e.